The van der Waals surface area contributed by atoms with Gasteiger partial charge < -0.3 is 9.84 Å². The largest absolute Gasteiger partial charge is 0.340 e. The average Bonchev–Trinajstić information content (AvgIpc) is 2.66. The third kappa shape index (κ3) is 2.81. The first-order valence-electron chi connectivity index (χ1n) is 4.59. The fourth-order valence-electron chi connectivity index (χ4n) is 1.14. The third-order valence-electron chi connectivity index (χ3n) is 1.78. The first kappa shape index (κ1) is 9.72. The molecule has 2 rings (SSSR count). The van der Waals surface area contributed by atoms with Gasteiger partial charge in [0.1, 0.15) is 0 Å². The minimum atomic E-state index is 0.563. The van der Waals surface area contributed by atoms with Gasteiger partial charge in [-0.05, 0) is 0 Å². The molecule has 2 aromatic heterocycles. The highest BCUT2D eigenvalue weighted by Gasteiger charge is 2.01. The van der Waals surface area contributed by atoms with E-state index in [4.69, 9.17) is 4.52 Å². The molecule has 15 heavy (non-hydrogen) atoms. The summed E-state index contributed by atoms with van der Waals surface area (Å²) in [4.78, 5) is 12.2. The maximum Gasteiger partial charge on any atom is 0.223 e. The summed E-state index contributed by atoms with van der Waals surface area (Å²) in [5.41, 5.74) is 0.887. The molecule has 6 heteroatoms. The molecule has 0 fully saturated rings. The molecule has 0 atom stereocenters. The van der Waals surface area contributed by atoms with Crippen LogP contribution in [0, 0.1) is 6.92 Å². The Kier molecular flexibility index (Phi) is 2.99. The molecule has 0 bridgehead atoms. The monoisotopic (exact) mass is 205 g/mol. The second kappa shape index (κ2) is 4.61. The zero-order valence-electron chi connectivity index (χ0n) is 8.34. The van der Waals surface area contributed by atoms with E-state index < -0.39 is 0 Å². The van der Waals surface area contributed by atoms with Crippen LogP contribution in [0.1, 0.15) is 17.4 Å². The third-order valence-corrected chi connectivity index (χ3v) is 1.78. The smallest absolute Gasteiger partial charge is 0.223 e. The SMILES string of the molecule is Cc1nc(CNCc2cnccn2)no1. The van der Waals surface area contributed by atoms with Crippen LogP contribution in [0.4, 0.5) is 0 Å². The van der Waals surface area contributed by atoms with E-state index >= 15 is 0 Å². The number of nitrogens with one attached hydrogen (secondary N) is 1. The Balaban J connectivity index is 1.80. The maximum atomic E-state index is 4.84. The predicted molar refractivity (Wildman–Crippen MR) is 51.6 cm³/mol. The van der Waals surface area contributed by atoms with Crippen molar-refractivity contribution in [1.82, 2.24) is 25.4 Å². The van der Waals surface area contributed by atoms with Crippen molar-refractivity contribution in [3.05, 3.63) is 36.0 Å². The molecule has 0 aliphatic rings. The van der Waals surface area contributed by atoms with Crippen LogP contribution >= 0.6 is 0 Å². The van der Waals surface area contributed by atoms with Crippen molar-refractivity contribution < 1.29 is 4.52 Å². The van der Waals surface area contributed by atoms with Gasteiger partial charge in [0.2, 0.25) is 5.89 Å². The van der Waals surface area contributed by atoms with Crippen LogP contribution in [0.5, 0.6) is 0 Å². The van der Waals surface area contributed by atoms with Crippen molar-refractivity contribution in [2.45, 2.75) is 20.0 Å². The summed E-state index contributed by atoms with van der Waals surface area (Å²) in [6.07, 6.45) is 5.02. The van der Waals surface area contributed by atoms with Crippen LogP contribution < -0.4 is 5.32 Å². The van der Waals surface area contributed by atoms with E-state index in [0.29, 0.717) is 24.8 Å². The van der Waals surface area contributed by atoms with E-state index in [-0.39, 0.29) is 0 Å². The first-order chi connectivity index (χ1) is 7.34. The maximum absolute atomic E-state index is 4.84. The molecule has 0 unspecified atom stereocenters. The molecule has 0 saturated heterocycles. The van der Waals surface area contributed by atoms with Gasteiger partial charge in [-0.1, -0.05) is 5.16 Å². The molecule has 2 aromatic rings. The summed E-state index contributed by atoms with van der Waals surface area (Å²) in [7, 11) is 0. The number of hydrogen-bond donors (Lipinski definition) is 1. The Morgan fingerprint density at radius 1 is 1.33 bits per heavy atom. The van der Waals surface area contributed by atoms with E-state index in [0.717, 1.165) is 5.69 Å². The van der Waals surface area contributed by atoms with Gasteiger partial charge in [0, 0.05) is 32.1 Å². The quantitative estimate of drug-likeness (QED) is 0.781. The minimum absolute atomic E-state index is 0.563. The molecule has 0 aromatic carbocycles. The summed E-state index contributed by atoms with van der Waals surface area (Å²) in [6, 6.07) is 0. The fourth-order valence-corrected chi connectivity index (χ4v) is 1.14. The molecule has 78 valence electrons. The van der Waals surface area contributed by atoms with Crippen molar-refractivity contribution in [3.63, 3.8) is 0 Å². The zero-order valence-corrected chi connectivity index (χ0v) is 8.34. The molecule has 0 saturated carbocycles. The van der Waals surface area contributed by atoms with Crippen LogP contribution in [-0.2, 0) is 13.1 Å². The number of hydrogen-bond acceptors (Lipinski definition) is 6. The topological polar surface area (TPSA) is 76.7 Å². The van der Waals surface area contributed by atoms with Crippen LogP contribution in [0.25, 0.3) is 0 Å². The van der Waals surface area contributed by atoms with E-state index in [1.54, 1.807) is 25.5 Å². The molecule has 0 spiro atoms. The van der Waals surface area contributed by atoms with E-state index in [1.165, 1.54) is 0 Å². The minimum Gasteiger partial charge on any atom is -0.340 e. The summed E-state index contributed by atoms with van der Waals surface area (Å²) < 4.78 is 4.84. The van der Waals surface area contributed by atoms with Gasteiger partial charge in [-0.3, -0.25) is 9.97 Å². The van der Waals surface area contributed by atoms with Gasteiger partial charge in [-0.2, -0.15) is 4.98 Å². The Morgan fingerprint density at radius 3 is 2.93 bits per heavy atom. The lowest BCUT2D eigenvalue weighted by Gasteiger charge is -1.99. The second-order valence-electron chi connectivity index (χ2n) is 3.03. The summed E-state index contributed by atoms with van der Waals surface area (Å²) in [5, 5.41) is 6.91. The van der Waals surface area contributed by atoms with Gasteiger partial charge in [-0.15, -0.1) is 0 Å². The van der Waals surface area contributed by atoms with Crippen LogP contribution in [0.15, 0.2) is 23.1 Å². The van der Waals surface area contributed by atoms with E-state index in [1.807, 2.05) is 0 Å². The molecular weight excluding hydrogens is 194 g/mol. The molecule has 6 nitrogen and oxygen atoms in total. The van der Waals surface area contributed by atoms with Crippen molar-refractivity contribution >= 4 is 0 Å². The normalized spacial score (nSPS) is 10.5. The van der Waals surface area contributed by atoms with Crippen molar-refractivity contribution in [2.75, 3.05) is 0 Å². The molecular formula is C9H11N5O. The van der Waals surface area contributed by atoms with E-state index in [9.17, 15) is 0 Å². The van der Waals surface area contributed by atoms with Gasteiger partial charge in [0.25, 0.3) is 0 Å². The highest BCUT2D eigenvalue weighted by Crippen LogP contribution is 1.95. The second-order valence-corrected chi connectivity index (χ2v) is 3.03. The Hall–Kier alpha value is -1.82. The summed E-state index contributed by atoms with van der Waals surface area (Å²) >= 11 is 0. The summed E-state index contributed by atoms with van der Waals surface area (Å²) in [5.74, 6) is 1.22. The average molecular weight is 205 g/mol. The fraction of sp³-hybridized carbons (Fsp3) is 0.333. The van der Waals surface area contributed by atoms with Gasteiger partial charge in [-0.25, -0.2) is 0 Å². The van der Waals surface area contributed by atoms with Gasteiger partial charge >= 0.3 is 0 Å². The number of nitrogens with zero attached hydrogens (tertiary/aromatic N) is 4. The lowest BCUT2D eigenvalue weighted by Crippen LogP contribution is -2.14. The lowest BCUT2D eigenvalue weighted by atomic mass is 10.4. The number of rotatable bonds is 4. The molecule has 0 aliphatic heterocycles. The zero-order chi connectivity index (χ0) is 10.5. The Morgan fingerprint density at radius 2 is 2.27 bits per heavy atom. The molecule has 2 heterocycles. The molecule has 0 amide bonds. The van der Waals surface area contributed by atoms with Crippen LogP contribution in [0.3, 0.4) is 0 Å². The highest BCUT2D eigenvalue weighted by atomic mass is 16.5. The van der Waals surface area contributed by atoms with Gasteiger partial charge in [0.15, 0.2) is 5.82 Å². The lowest BCUT2D eigenvalue weighted by molar-refractivity contribution is 0.385. The molecule has 0 radical (unpaired) electrons. The Labute approximate surface area is 86.8 Å². The van der Waals surface area contributed by atoms with Crippen molar-refractivity contribution in [2.24, 2.45) is 0 Å². The summed E-state index contributed by atoms with van der Waals surface area (Å²) in [6.45, 7) is 2.97. The molecule has 1 N–H and O–H groups in total. The van der Waals surface area contributed by atoms with Crippen molar-refractivity contribution in [1.29, 1.82) is 0 Å². The standard InChI is InChI=1S/C9H11N5O/c1-7-13-9(14-15-7)6-11-5-8-4-10-2-3-12-8/h2-4,11H,5-6H2,1H3. The van der Waals surface area contributed by atoms with E-state index in [2.05, 4.69) is 25.4 Å². The first-order valence-corrected chi connectivity index (χ1v) is 4.59. The highest BCUT2D eigenvalue weighted by molar-refractivity contribution is 4.94. The van der Waals surface area contributed by atoms with Gasteiger partial charge in [0.05, 0.1) is 12.2 Å². The van der Waals surface area contributed by atoms with Crippen LogP contribution in [-0.4, -0.2) is 20.1 Å². The number of aryl methyl sites for hydroxylation is 1. The van der Waals surface area contributed by atoms with Crippen LogP contribution in [0.2, 0.25) is 0 Å². The number of aromatic nitrogens is 4. The molecule has 0 aliphatic carbocycles. The van der Waals surface area contributed by atoms with Crippen molar-refractivity contribution in [3.8, 4) is 0 Å². The Bertz CT molecular complexity index is 413. The predicted octanol–water partition coefficient (Wildman–Crippen LogP) is 0.458.